The molecule has 1 N–H and O–H groups in total. The van der Waals surface area contributed by atoms with Crippen LogP contribution in [0.2, 0.25) is 0 Å². The zero-order valence-corrected chi connectivity index (χ0v) is 10.8. The standard InChI is InChI=1S/C13H9FN4S/c1-19-13-10(6-15)12-16-11(7-18(12)17-13)8-2-4-9(14)5-3-8/h2-5,7,17H,1H3. The number of imidazole rings is 1. The highest BCUT2D eigenvalue weighted by Crippen LogP contribution is 2.25. The number of aromatic amines is 1. The lowest BCUT2D eigenvalue weighted by Crippen LogP contribution is -1.81. The number of fused-ring (bicyclic) bond motifs is 1. The highest BCUT2D eigenvalue weighted by molar-refractivity contribution is 7.98. The number of H-pyrrole nitrogens is 1. The molecule has 0 aliphatic heterocycles. The van der Waals surface area contributed by atoms with E-state index in [4.69, 9.17) is 5.26 Å². The van der Waals surface area contributed by atoms with Crippen LogP contribution in [-0.4, -0.2) is 20.9 Å². The monoisotopic (exact) mass is 272 g/mol. The van der Waals surface area contributed by atoms with Crippen LogP contribution in [0.25, 0.3) is 16.9 Å². The molecule has 0 spiro atoms. The summed E-state index contributed by atoms with van der Waals surface area (Å²) in [6, 6.07) is 8.26. The smallest absolute Gasteiger partial charge is 0.172 e. The van der Waals surface area contributed by atoms with Crippen LogP contribution < -0.4 is 0 Å². The van der Waals surface area contributed by atoms with Crippen molar-refractivity contribution in [3.8, 4) is 17.3 Å². The van der Waals surface area contributed by atoms with E-state index in [1.54, 1.807) is 22.8 Å². The number of hydrogen-bond acceptors (Lipinski definition) is 3. The van der Waals surface area contributed by atoms with Gasteiger partial charge in [0, 0.05) is 5.56 Å². The first-order chi connectivity index (χ1) is 9.22. The van der Waals surface area contributed by atoms with E-state index in [9.17, 15) is 4.39 Å². The number of nitrogens with one attached hydrogen (secondary N) is 1. The van der Waals surface area contributed by atoms with Crippen LogP contribution in [0.1, 0.15) is 5.56 Å². The van der Waals surface area contributed by atoms with Crippen molar-refractivity contribution in [3.63, 3.8) is 0 Å². The molecule has 0 aliphatic carbocycles. The third-order valence-corrected chi connectivity index (χ3v) is 3.54. The third kappa shape index (κ3) is 1.88. The average Bonchev–Trinajstić information content (AvgIpc) is 2.95. The fraction of sp³-hybridized carbons (Fsp3) is 0.0769. The van der Waals surface area contributed by atoms with Crippen LogP contribution >= 0.6 is 11.8 Å². The Kier molecular flexibility index (Phi) is 2.76. The molecule has 0 aliphatic rings. The van der Waals surface area contributed by atoms with E-state index in [1.165, 1.54) is 23.9 Å². The Labute approximate surface area is 112 Å². The Hall–Kier alpha value is -2.26. The van der Waals surface area contributed by atoms with Crippen molar-refractivity contribution in [2.75, 3.05) is 6.26 Å². The summed E-state index contributed by atoms with van der Waals surface area (Å²) in [5.74, 6) is -0.282. The number of thioether (sulfide) groups is 1. The van der Waals surface area contributed by atoms with Crippen LogP contribution in [-0.2, 0) is 0 Å². The van der Waals surface area contributed by atoms with E-state index in [0.717, 1.165) is 10.6 Å². The Morgan fingerprint density at radius 2 is 2.11 bits per heavy atom. The molecular formula is C13H9FN4S. The van der Waals surface area contributed by atoms with Crippen molar-refractivity contribution in [2.45, 2.75) is 5.03 Å². The number of hydrogen-bond donors (Lipinski definition) is 1. The largest absolute Gasteiger partial charge is 0.285 e. The van der Waals surface area contributed by atoms with Gasteiger partial charge in [-0.2, -0.15) is 5.26 Å². The molecule has 3 rings (SSSR count). The first kappa shape index (κ1) is 11.8. The summed E-state index contributed by atoms with van der Waals surface area (Å²) in [5, 5.41) is 13.0. The molecule has 19 heavy (non-hydrogen) atoms. The van der Waals surface area contributed by atoms with Crippen molar-refractivity contribution >= 4 is 17.4 Å². The van der Waals surface area contributed by atoms with E-state index in [2.05, 4.69) is 16.2 Å². The molecule has 0 saturated heterocycles. The highest BCUT2D eigenvalue weighted by atomic mass is 32.2. The summed E-state index contributed by atoms with van der Waals surface area (Å²) in [5.41, 5.74) is 2.63. The SMILES string of the molecule is CSc1[nH]n2cc(-c3ccc(F)cc3)nc2c1C#N. The fourth-order valence-corrected chi connectivity index (χ4v) is 2.45. The van der Waals surface area contributed by atoms with Crippen LogP contribution in [0.15, 0.2) is 35.5 Å². The number of benzene rings is 1. The zero-order valence-electron chi connectivity index (χ0n) is 10.0. The normalized spacial score (nSPS) is 10.8. The van der Waals surface area contributed by atoms with E-state index < -0.39 is 0 Å². The van der Waals surface area contributed by atoms with Gasteiger partial charge in [-0.05, 0) is 30.5 Å². The van der Waals surface area contributed by atoms with Crippen molar-refractivity contribution in [1.29, 1.82) is 5.26 Å². The molecule has 3 aromatic rings. The summed E-state index contributed by atoms with van der Waals surface area (Å²) in [4.78, 5) is 4.43. The average molecular weight is 272 g/mol. The van der Waals surface area contributed by atoms with Crippen LogP contribution in [0, 0.1) is 17.1 Å². The van der Waals surface area contributed by atoms with Gasteiger partial charge in [0.15, 0.2) is 5.65 Å². The van der Waals surface area contributed by atoms with Gasteiger partial charge >= 0.3 is 0 Å². The zero-order chi connectivity index (χ0) is 13.4. The summed E-state index contributed by atoms with van der Waals surface area (Å²) in [6.07, 6.45) is 3.69. The first-order valence-corrected chi connectivity index (χ1v) is 6.76. The summed E-state index contributed by atoms with van der Waals surface area (Å²) < 4.78 is 14.6. The number of aromatic nitrogens is 3. The second kappa shape index (κ2) is 4.44. The molecule has 0 unspecified atom stereocenters. The molecule has 0 atom stereocenters. The molecule has 0 radical (unpaired) electrons. The van der Waals surface area contributed by atoms with Gasteiger partial charge in [-0.3, -0.25) is 5.10 Å². The molecule has 0 saturated carbocycles. The van der Waals surface area contributed by atoms with Gasteiger partial charge in [0.25, 0.3) is 0 Å². The third-order valence-electron chi connectivity index (χ3n) is 2.83. The topological polar surface area (TPSA) is 56.9 Å². The highest BCUT2D eigenvalue weighted by Gasteiger charge is 2.14. The van der Waals surface area contributed by atoms with Crippen molar-refractivity contribution in [2.24, 2.45) is 0 Å². The van der Waals surface area contributed by atoms with Crippen molar-refractivity contribution in [1.82, 2.24) is 14.6 Å². The van der Waals surface area contributed by atoms with Gasteiger partial charge in [0.05, 0.1) is 11.9 Å². The minimum absolute atomic E-state index is 0.282. The van der Waals surface area contributed by atoms with E-state index in [1.807, 2.05) is 6.26 Å². The Morgan fingerprint density at radius 3 is 2.74 bits per heavy atom. The molecule has 2 aromatic heterocycles. The van der Waals surface area contributed by atoms with Gasteiger partial charge < -0.3 is 0 Å². The van der Waals surface area contributed by atoms with Gasteiger partial charge in [0.2, 0.25) is 0 Å². The lowest BCUT2D eigenvalue weighted by Gasteiger charge is -1.95. The summed E-state index contributed by atoms with van der Waals surface area (Å²) >= 11 is 1.47. The van der Waals surface area contributed by atoms with Crippen LogP contribution in [0.3, 0.4) is 0 Å². The molecule has 2 heterocycles. The van der Waals surface area contributed by atoms with Gasteiger partial charge in [0.1, 0.15) is 22.5 Å². The lowest BCUT2D eigenvalue weighted by atomic mass is 10.2. The summed E-state index contributed by atoms with van der Waals surface area (Å²) in [7, 11) is 0. The molecule has 4 nitrogen and oxygen atoms in total. The molecular weight excluding hydrogens is 263 g/mol. The van der Waals surface area contributed by atoms with E-state index in [0.29, 0.717) is 16.9 Å². The maximum Gasteiger partial charge on any atom is 0.172 e. The van der Waals surface area contributed by atoms with Crippen molar-refractivity contribution in [3.05, 3.63) is 41.8 Å². The second-order valence-electron chi connectivity index (χ2n) is 3.96. The maximum atomic E-state index is 12.9. The van der Waals surface area contributed by atoms with Gasteiger partial charge in [-0.1, -0.05) is 0 Å². The number of nitrogens with zero attached hydrogens (tertiary/aromatic N) is 3. The van der Waals surface area contributed by atoms with Crippen LogP contribution in [0.4, 0.5) is 4.39 Å². The predicted molar refractivity (Wildman–Crippen MR) is 71.4 cm³/mol. The molecule has 6 heteroatoms. The van der Waals surface area contributed by atoms with E-state index in [-0.39, 0.29) is 5.82 Å². The number of rotatable bonds is 2. The second-order valence-corrected chi connectivity index (χ2v) is 4.77. The molecule has 94 valence electrons. The molecule has 0 fully saturated rings. The fourth-order valence-electron chi connectivity index (χ4n) is 1.92. The molecule has 0 amide bonds. The van der Waals surface area contributed by atoms with Gasteiger partial charge in [-0.25, -0.2) is 13.9 Å². The van der Waals surface area contributed by atoms with Crippen LogP contribution in [0.5, 0.6) is 0 Å². The minimum atomic E-state index is -0.282. The first-order valence-electron chi connectivity index (χ1n) is 5.54. The Balaban J connectivity index is 2.15. The Morgan fingerprint density at radius 1 is 1.37 bits per heavy atom. The molecule has 1 aromatic carbocycles. The summed E-state index contributed by atoms with van der Waals surface area (Å²) in [6.45, 7) is 0. The minimum Gasteiger partial charge on any atom is -0.285 e. The lowest BCUT2D eigenvalue weighted by molar-refractivity contribution is 0.628. The maximum absolute atomic E-state index is 12.9. The predicted octanol–water partition coefficient (Wildman–Crippen LogP) is 3.06. The van der Waals surface area contributed by atoms with E-state index >= 15 is 0 Å². The van der Waals surface area contributed by atoms with Gasteiger partial charge in [-0.15, -0.1) is 11.8 Å². The molecule has 0 bridgehead atoms. The number of halogens is 1. The number of nitriles is 1. The Bertz CT molecular complexity index is 779. The quantitative estimate of drug-likeness (QED) is 0.729. The van der Waals surface area contributed by atoms with Crippen molar-refractivity contribution < 1.29 is 4.39 Å².